The molecule has 0 amide bonds. The summed E-state index contributed by atoms with van der Waals surface area (Å²) >= 11 is 0. The third-order valence-corrected chi connectivity index (χ3v) is 2.64. The Kier molecular flexibility index (Phi) is 2.36. The van der Waals surface area contributed by atoms with Crippen LogP contribution in [-0.4, -0.2) is 11.0 Å². The van der Waals surface area contributed by atoms with Gasteiger partial charge in [-0.15, -0.1) is 0 Å². The van der Waals surface area contributed by atoms with Gasteiger partial charge >= 0.3 is 0 Å². The number of nitrogens with zero attached hydrogens (tertiary/aromatic N) is 2. The molecule has 72 valence electrons. The molecule has 14 heavy (non-hydrogen) atoms. The van der Waals surface area contributed by atoms with Gasteiger partial charge in [0, 0.05) is 12.2 Å². The van der Waals surface area contributed by atoms with Gasteiger partial charge in [0.05, 0.1) is 5.56 Å². The number of nitrogens with one attached hydrogen (secondary N) is 1. The smallest absolute Gasteiger partial charge is 0.144 e. The molecule has 1 aliphatic rings. The third-order valence-electron chi connectivity index (χ3n) is 2.64. The second-order valence-electron chi connectivity index (χ2n) is 3.93. The molecule has 0 unspecified atom stereocenters. The van der Waals surface area contributed by atoms with Gasteiger partial charge in [0.1, 0.15) is 11.9 Å². The molecular weight excluding hydrogens is 174 g/mol. The van der Waals surface area contributed by atoms with E-state index in [1.165, 1.54) is 12.8 Å². The van der Waals surface area contributed by atoms with Crippen molar-refractivity contribution in [1.29, 1.82) is 5.26 Å². The van der Waals surface area contributed by atoms with Gasteiger partial charge in [0.25, 0.3) is 0 Å². The number of hydrogen-bond acceptors (Lipinski definition) is 3. The molecule has 1 aromatic heterocycles. The third kappa shape index (κ3) is 1.69. The SMILES string of the molecule is CC1CC(Nc2ncccc2C#N)C1. The van der Waals surface area contributed by atoms with Crippen molar-refractivity contribution in [3.63, 3.8) is 0 Å². The first-order valence-corrected chi connectivity index (χ1v) is 4.91. The summed E-state index contributed by atoms with van der Waals surface area (Å²) < 4.78 is 0. The lowest BCUT2D eigenvalue weighted by Crippen LogP contribution is -2.34. The zero-order chi connectivity index (χ0) is 9.97. The highest BCUT2D eigenvalue weighted by Gasteiger charge is 2.25. The van der Waals surface area contributed by atoms with Gasteiger partial charge in [0.15, 0.2) is 0 Å². The van der Waals surface area contributed by atoms with Crippen LogP contribution in [0.2, 0.25) is 0 Å². The van der Waals surface area contributed by atoms with E-state index in [-0.39, 0.29) is 0 Å². The number of aromatic nitrogens is 1. The van der Waals surface area contributed by atoms with E-state index in [1.54, 1.807) is 18.3 Å². The predicted octanol–water partition coefficient (Wildman–Crippen LogP) is 2.16. The van der Waals surface area contributed by atoms with Gasteiger partial charge in [-0.1, -0.05) is 6.92 Å². The summed E-state index contributed by atoms with van der Waals surface area (Å²) in [5.41, 5.74) is 0.632. The second kappa shape index (κ2) is 3.67. The van der Waals surface area contributed by atoms with Crippen molar-refractivity contribution in [3.8, 4) is 6.07 Å². The van der Waals surface area contributed by atoms with Crippen LogP contribution in [-0.2, 0) is 0 Å². The van der Waals surface area contributed by atoms with Crippen LogP contribution in [0.15, 0.2) is 18.3 Å². The Labute approximate surface area is 83.8 Å². The highest BCUT2D eigenvalue weighted by molar-refractivity contribution is 5.51. The van der Waals surface area contributed by atoms with E-state index >= 15 is 0 Å². The van der Waals surface area contributed by atoms with E-state index < -0.39 is 0 Å². The average molecular weight is 187 g/mol. The maximum absolute atomic E-state index is 8.84. The average Bonchev–Trinajstić information content (AvgIpc) is 2.16. The molecule has 0 atom stereocenters. The van der Waals surface area contributed by atoms with Crippen LogP contribution in [0.4, 0.5) is 5.82 Å². The molecule has 2 rings (SSSR count). The molecular formula is C11H13N3. The monoisotopic (exact) mass is 187 g/mol. The molecule has 0 aliphatic heterocycles. The normalized spacial score (nSPS) is 24.9. The van der Waals surface area contributed by atoms with E-state index in [0.717, 1.165) is 11.7 Å². The molecule has 0 spiro atoms. The lowest BCUT2D eigenvalue weighted by molar-refractivity contribution is 0.308. The van der Waals surface area contributed by atoms with E-state index in [9.17, 15) is 0 Å². The molecule has 0 aromatic carbocycles. The summed E-state index contributed by atoms with van der Waals surface area (Å²) in [6.45, 7) is 2.24. The van der Waals surface area contributed by atoms with E-state index in [0.29, 0.717) is 11.6 Å². The first-order valence-electron chi connectivity index (χ1n) is 4.91. The van der Waals surface area contributed by atoms with Gasteiger partial charge in [-0.2, -0.15) is 5.26 Å². The van der Waals surface area contributed by atoms with Crippen molar-refractivity contribution < 1.29 is 0 Å². The highest BCUT2D eigenvalue weighted by Crippen LogP contribution is 2.29. The Balaban J connectivity index is 2.06. The molecule has 1 aliphatic carbocycles. The van der Waals surface area contributed by atoms with Gasteiger partial charge in [0.2, 0.25) is 0 Å². The predicted molar refractivity (Wildman–Crippen MR) is 54.8 cm³/mol. The molecule has 1 saturated carbocycles. The molecule has 1 heterocycles. The quantitative estimate of drug-likeness (QED) is 0.771. The van der Waals surface area contributed by atoms with Crippen molar-refractivity contribution in [2.24, 2.45) is 5.92 Å². The summed E-state index contributed by atoms with van der Waals surface area (Å²) in [6.07, 6.45) is 4.08. The Morgan fingerprint density at radius 1 is 1.57 bits per heavy atom. The maximum atomic E-state index is 8.84. The zero-order valence-electron chi connectivity index (χ0n) is 8.20. The summed E-state index contributed by atoms with van der Waals surface area (Å²) in [6, 6.07) is 6.22. The molecule has 3 heteroatoms. The fourth-order valence-electron chi connectivity index (χ4n) is 1.82. The fraction of sp³-hybridized carbons (Fsp3) is 0.455. The van der Waals surface area contributed by atoms with E-state index in [2.05, 4.69) is 23.3 Å². The first kappa shape index (κ1) is 9.01. The minimum absolute atomic E-state index is 0.506. The molecule has 0 radical (unpaired) electrons. The fourth-order valence-corrected chi connectivity index (χ4v) is 1.82. The van der Waals surface area contributed by atoms with Gasteiger partial charge in [-0.25, -0.2) is 4.98 Å². The molecule has 1 fully saturated rings. The minimum atomic E-state index is 0.506. The number of nitriles is 1. The number of hydrogen-bond donors (Lipinski definition) is 1. The summed E-state index contributed by atoms with van der Waals surface area (Å²) in [5, 5.41) is 12.1. The molecule has 1 N–H and O–H groups in total. The molecule has 0 bridgehead atoms. The van der Waals surface area contributed by atoms with Crippen molar-refractivity contribution in [2.45, 2.75) is 25.8 Å². The maximum Gasteiger partial charge on any atom is 0.144 e. The van der Waals surface area contributed by atoms with E-state index in [4.69, 9.17) is 5.26 Å². The van der Waals surface area contributed by atoms with Crippen LogP contribution in [0.25, 0.3) is 0 Å². The largest absolute Gasteiger partial charge is 0.366 e. The zero-order valence-corrected chi connectivity index (χ0v) is 8.20. The van der Waals surface area contributed by atoms with Crippen molar-refractivity contribution in [1.82, 2.24) is 4.98 Å². The number of anilines is 1. The van der Waals surface area contributed by atoms with E-state index in [1.807, 2.05) is 0 Å². The van der Waals surface area contributed by atoms with Crippen LogP contribution >= 0.6 is 0 Å². The Hall–Kier alpha value is -1.56. The van der Waals surface area contributed by atoms with Crippen molar-refractivity contribution in [3.05, 3.63) is 23.9 Å². The molecule has 0 saturated heterocycles. The Morgan fingerprint density at radius 2 is 2.36 bits per heavy atom. The van der Waals surface area contributed by atoms with Gasteiger partial charge in [-0.05, 0) is 30.9 Å². The van der Waals surface area contributed by atoms with Crippen LogP contribution in [0.5, 0.6) is 0 Å². The highest BCUT2D eigenvalue weighted by atomic mass is 15.0. The van der Waals surface area contributed by atoms with Crippen LogP contribution in [0, 0.1) is 17.2 Å². The minimum Gasteiger partial charge on any atom is -0.366 e. The number of pyridine rings is 1. The Morgan fingerprint density at radius 3 is 3.00 bits per heavy atom. The Bertz CT molecular complexity index is 361. The van der Waals surface area contributed by atoms with Crippen LogP contribution in [0.1, 0.15) is 25.3 Å². The lowest BCUT2D eigenvalue weighted by Gasteiger charge is -2.33. The lowest BCUT2D eigenvalue weighted by atomic mass is 9.82. The van der Waals surface area contributed by atoms with Crippen molar-refractivity contribution in [2.75, 3.05) is 5.32 Å². The summed E-state index contributed by atoms with van der Waals surface area (Å²) in [4.78, 5) is 4.16. The second-order valence-corrected chi connectivity index (χ2v) is 3.93. The van der Waals surface area contributed by atoms with Crippen LogP contribution in [0.3, 0.4) is 0 Å². The first-order chi connectivity index (χ1) is 6.79. The molecule has 3 nitrogen and oxygen atoms in total. The number of rotatable bonds is 2. The van der Waals surface area contributed by atoms with Gasteiger partial charge in [-0.3, -0.25) is 0 Å². The summed E-state index contributed by atoms with van der Waals surface area (Å²) in [7, 11) is 0. The standard InChI is InChI=1S/C11H13N3/c1-8-5-10(6-8)14-11-9(7-12)3-2-4-13-11/h2-4,8,10H,5-6H2,1H3,(H,13,14). The van der Waals surface area contributed by atoms with Crippen LogP contribution < -0.4 is 5.32 Å². The van der Waals surface area contributed by atoms with Crippen molar-refractivity contribution >= 4 is 5.82 Å². The molecule has 1 aromatic rings. The summed E-state index contributed by atoms with van der Waals surface area (Å²) in [5.74, 6) is 1.54. The van der Waals surface area contributed by atoms with Gasteiger partial charge < -0.3 is 5.32 Å². The topological polar surface area (TPSA) is 48.7 Å².